The largest absolute Gasteiger partial charge is 0.491 e. The average Bonchev–Trinajstić information content (AvgIpc) is 2.72. The molecule has 6 nitrogen and oxygen atoms in total. The van der Waals surface area contributed by atoms with E-state index in [4.69, 9.17) is 4.74 Å². The van der Waals surface area contributed by atoms with Crippen LogP contribution in [-0.2, 0) is 9.84 Å². The minimum atomic E-state index is -3.05. The van der Waals surface area contributed by atoms with E-state index >= 15 is 0 Å². The Labute approximate surface area is 184 Å². The van der Waals surface area contributed by atoms with Crippen LogP contribution in [0.15, 0.2) is 64.5 Å². The highest BCUT2D eigenvalue weighted by atomic mass is 32.2. The SMILES string of the molecule is CCS(=O)(=O)CCN=C(NCCSc1ccccc1)Nc1ccc(OC(C)C)cc1. The van der Waals surface area contributed by atoms with Crippen molar-refractivity contribution in [2.45, 2.75) is 31.8 Å². The summed E-state index contributed by atoms with van der Waals surface area (Å²) in [6, 6.07) is 17.8. The van der Waals surface area contributed by atoms with Gasteiger partial charge in [0.2, 0.25) is 0 Å². The highest BCUT2D eigenvalue weighted by molar-refractivity contribution is 7.99. The monoisotopic (exact) mass is 449 g/mol. The molecular formula is C22H31N3O3S2. The zero-order valence-electron chi connectivity index (χ0n) is 17.8. The fraction of sp³-hybridized carbons (Fsp3) is 0.409. The third-order valence-corrected chi connectivity index (χ3v) is 6.71. The molecule has 0 bridgehead atoms. The van der Waals surface area contributed by atoms with Gasteiger partial charge < -0.3 is 15.4 Å². The number of nitrogens with zero attached hydrogens (tertiary/aromatic N) is 1. The van der Waals surface area contributed by atoms with Gasteiger partial charge in [-0.05, 0) is 50.2 Å². The summed E-state index contributed by atoms with van der Waals surface area (Å²) < 4.78 is 29.2. The van der Waals surface area contributed by atoms with Crippen LogP contribution in [0.25, 0.3) is 0 Å². The van der Waals surface area contributed by atoms with E-state index < -0.39 is 9.84 Å². The molecule has 0 aliphatic carbocycles. The van der Waals surface area contributed by atoms with Crippen molar-refractivity contribution in [1.82, 2.24) is 5.32 Å². The lowest BCUT2D eigenvalue weighted by Gasteiger charge is -2.14. The minimum Gasteiger partial charge on any atom is -0.491 e. The zero-order chi connectivity index (χ0) is 21.8. The first-order valence-corrected chi connectivity index (χ1v) is 12.9. The summed E-state index contributed by atoms with van der Waals surface area (Å²) in [6.07, 6.45) is 0.116. The highest BCUT2D eigenvalue weighted by Gasteiger charge is 2.07. The maximum atomic E-state index is 11.8. The van der Waals surface area contributed by atoms with Crippen molar-refractivity contribution in [2.75, 3.05) is 35.7 Å². The van der Waals surface area contributed by atoms with Gasteiger partial charge in [-0.25, -0.2) is 8.42 Å². The number of nitrogens with one attached hydrogen (secondary N) is 2. The molecule has 30 heavy (non-hydrogen) atoms. The number of ether oxygens (including phenoxy) is 1. The number of guanidine groups is 1. The Bertz CT molecular complexity index is 884. The summed E-state index contributed by atoms with van der Waals surface area (Å²) >= 11 is 1.75. The third-order valence-electron chi connectivity index (χ3n) is 4.01. The zero-order valence-corrected chi connectivity index (χ0v) is 19.4. The van der Waals surface area contributed by atoms with Crippen molar-refractivity contribution in [3.63, 3.8) is 0 Å². The quantitative estimate of drug-likeness (QED) is 0.233. The topological polar surface area (TPSA) is 79.8 Å². The van der Waals surface area contributed by atoms with Crippen molar-refractivity contribution in [1.29, 1.82) is 0 Å². The van der Waals surface area contributed by atoms with Gasteiger partial charge in [-0.1, -0.05) is 25.1 Å². The lowest BCUT2D eigenvalue weighted by molar-refractivity contribution is 0.242. The van der Waals surface area contributed by atoms with Gasteiger partial charge in [0, 0.05) is 28.6 Å². The van der Waals surface area contributed by atoms with E-state index in [0.717, 1.165) is 17.2 Å². The molecule has 0 unspecified atom stereocenters. The molecule has 0 radical (unpaired) electrons. The summed E-state index contributed by atoms with van der Waals surface area (Å²) in [7, 11) is -3.05. The predicted octanol–water partition coefficient (Wildman–Crippen LogP) is 4.06. The van der Waals surface area contributed by atoms with Crippen LogP contribution in [-0.4, -0.2) is 50.8 Å². The molecule has 2 aromatic carbocycles. The molecule has 0 aromatic heterocycles. The lowest BCUT2D eigenvalue weighted by Crippen LogP contribution is -2.33. The maximum absolute atomic E-state index is 11.8. The second-order valence-electron chi connectivity index (χ2n) is 6.87. The smallest absolute Gasteiger partial charge is 0.195 e. The number of anilines is 1. The molecule has 0 aliphatic rings. The first-order chi connectivity index (χ1) is 14.4. The number of hydrogen-bond donors (Lipinski definition) is 2. The number of rotatable bonds is 11. The Morgan fingerprint density at radius 2 is 1.80 bits per heavy atom. The van der Waals surface area contributed by atoms with Crippen molar-refractivity contribution in [3.8, 4) is 5.75 Å². The van der Waals surface area contributed by atoms with Crippen molar-refractivity contribution >= 4 is 33.2 Å². The molecule has 0 amide bonds. The van der Waals surface area contributed by atoms with Crippen LogP contribution in [0.4, 0.5) is 5.69 Å². The van der Waals surface area contributed by atoms with Gasteiger partial charge in [0.1, 0.15) is 5.75 Å². The maximum Gasteiger partial charge on any atom is 0.195 e. The summed E-state index contributed by atoms with van der Waals surface area (Å²) in [5, 5.41) is 6.52. The van der Waals surface area contributed by atoms with Crippen molar-refractivity contribution in [2.24, 2.45) is 4.99 Å². The Hall–Kier alpha value is -2.19. The van der Waals surface area contributed by atoms with Gasteiger partial charge in [-0.3, -0.25) is 4.99 Å². The molecule has 0 spiro atoms. The molecule has 164 valence electrons. The first kappa shape index (κ1) is 24.1. The standard InChI is InChI=1S/C22H31N3O3S2/c1-4-30(26,27)17-15-24-22(23-14-16-29-21-8-6-5-7-9-21)25-19-10-12-20(13-11-19)28-18(2)3/h5-13,18H,4,14-17H2,1-3H3,(H2,23,24,25). The van der Waals surface area contributed by atoms with Crippen LogP contribution in [0, 0.1) is 0 Å². The molecule has 0 fully saturated rings. The summed E-state index contributed by atoms with van der Waals surface area (Å²) in [4.78, 5) is 5.65. The highest BCUT2D eigenvalue weighted by Crippen LogP contribution is 2.17. The third kappa shape index (κ3) is 9.54. The number of hydrogen-bond acceptors (Lipinski definition) is 5. The van der Waals surface area contributed by atoms with Crippen LogP contribution < -0.4 is 15.4 Å². The van der Waals surface area contributed by atoms with E-state index in [-0.39, 0.29) is 24.2 Å². The number of thioether (sulfide) groups is 1. The van der Waals surface area contributed by atoms with E-state index in [1.165, 1.54) is 4.90 Å². The van der Waals surface area contributed by atoms with Crippen molar-refractivity contribution in [3.05, 3.63) is 54.6 Å². The van der Waals surface area contributed by atoms with Gasteiger partial charge in [0.15, 0.2) is 15.8 Å². The summed E-state index contributed by atoms with van der Waals surface area (Å²) in [6.45, 7) is 6.53. The van der Waals surface area contributed by atoms with Crippen LogP contribution in [0.3, 0.4) is 0 Å². The second-order valence-corrected chi connectivity index (χ2v) is 10.5. The van der Waals surface area contributed by atoms with Crippen molar-refractivity contribution < 1.29 is 13.2 Å². The minimum absolute atomic E-state index is 0.0380. The van der Waals surface area contributed by atoms with Crippen LogP contribution in [0.1, 0.15) is 20.8 Å². The molecule has 0 heterocycles. The normalized spacial score (nSPS) is 12.1. The molecule has 2 N–H and O–H groups in total. The first-order valence-electron chi connectivity index (χ1n) is 10.1. The molecule has 8 heteroatoms. The Balaban J connectivity index is 1.95. The number of benzene rings is 2. The number of aliphatic imine (C=N–C) groups is 1. The van der Waals surface area contributed by atoms with Gasteiger partial charge in [-0.2, -0.15) is 0 Å². The fourth-order valence-electron chi connectivity index (χ4n) is 2.46. The summed E-state index contributed by atoms with van der Waals surface area (Å²) in [5.41, 5.74) is 0.853. The fourth-order valence-corrected chi connectivity index (χ4v) is 3.91. The average molecular weight is 450 g/mol. The van der Waals surface area contributed by atoms with Gasteiger partial charge in [0.05, 0.1) is 18.4 Å². The van der Waals surface area contributed by atoms with Crippen LogP contribution >= 0.6 is 11.8 Å². The van der Waals surface area contributed by atoms with Gasteiger partial charge in [-0.15, -0.1) is 11.8 Å². The Kier molecular flexibility index (Phi) is 10.0. The van der Waals surface area contributed by atoms with E-state index in [1.54, 1.807) is 18.7 Å². The molecule has 0 saturated carbocycles. The molecular weight excluding hydrogens is 418 g/mol. The lowest BCUT2D eigenvalue weighted by atomic mass is 10.3. The van der Waals surface area contributed by atoms with E-state index in [2.05, 4.69) is 27.8 Å². The van der Waals surface area contributed by atoms with E-state index in [9.17, 15) is 8.42 Å². The molecule has 2 aromatic rings. The Morgan fingerprint density at radius 1 is 1.10 bits per heavy atom. The molecule has 0 aliphatic heterocycles. The van der Waals surface area contributed by atoms with Gasteiger partial charge in [0.25, 0.3) is 0 Å². The van der Waals surface area contributed by atoms with E-state index in [0.29, 0.717) is 12.5 Å². The summed E-state index contributed by atoms with van der Waals surface area (Å²) in [5.74, 6) is 2.39. The Morgan fingerprint density at radius 3 is 2.43 bits per heavy atom. The second kappa shape index (κ2) is 12.5. The molecule has 2 rings (SSSR count). The molecule has 0 saturated heterocycles. The molecule has 0 atom stereocenters. The van der Waals surface area contributed by atoms with E-state index in [1.807, 2.05) is 56.3 Å². The number of sulfone groups is 1. The van der Waals surface area contributed by atoms with Crippen LogP contribution in [0.5, 0.6) is 5.75 Å². The van der Waals surface area contributed by atoms with Crippen LogP contribution in [0.2, 0.25) is 0 Å². The van der Waals surface area contributed by atoms with Gasteiger partial charge >= 0.3 is 0 Å². The predicted molar refractivity (Wildman–Crippen MR) is 128 cm³/mol.